The van der Waals surface area contributed by atoms with Gasteiger partial charge in [-0.2, -0.15) is 4.31 Å². The van der Waals surface area contributed by atoms with Crippen LogP contribution in [0, 0.1) is 13.8 Å². The second kappa shape index (κ2) is 5.94. The van der Waals surface area contributed by atoms with Gasteiger partial charge in [0.15, 0.2) is 0 Å². The molecule has 1 aromatic carbocycles. The first kappa shape index (κ1) is 16.3. The van der Waals surface area contributed by atoms with E-state index >= 15 is 0 Å². The fraction of sp³-hybridized carbons (Fsp3) is 0.600. The summed E-state index contributed by atoms with van der Waals surface area (Å²) in [5.41, 5.74) is 7.98. The van der Waals surface area contributed by atoms with Gasteiger partial charge in [-0.1, -0.05) is 0 Å². The zero-order chi connectivity index (χ0) is 15.8. The minimum atomic E-state index is -3.45. The molecule has 6 heteroatoms. The Hall–Kier alpha value is -1.11. The van der Waals surface area contributed by atoms with Crippen LogP contribution in [0.4, 0.5) is 5.69 Å². The van der Waals surface area contributed by atoms with Crippen molar-refractivity contribution in [2.24, 2.45) is 0 Å². The summed E-state index contributed by atoms with van der Waals surface area (Å²) in [4.78, 5) is 2.52. The lowest BCUT2D eigenvalue weighted by Crippen LogP contribution is -2.44. The van der Waals surface area contributed by atoms with Crippen molar-refractivity contribution < 1.29 is 8.42 Å². The van der Waals surface area contributed by atoms with Crippen molar-refractivity contribution in [1.82, 2.24) is 9.21 Å². The normalized spacial score (nSPS) is 18.3. The summed E-state index contributed by atoms with van der Waals surface area (Å²) in [6.07, 6.45) is 1.74. The van der Waals surface area contributed by atoms with Crippen LogP contribution < -0.4 is 5.73 Å². The fourth-order valence-electron chi connectivity index (χ4n) is 2.86. The summed E-state index contributed by atoms with van der Waals surface area (Å²) >= 11 is 0. The van der Waals surface area contributed by atoms with Gasteiger partial charge < -0.3 is 10.6 Å². The molecule has 1 aliphatic rings. The number of nitrogens with two attached hydrogens (primary N) is 1. The molecule has 0 amide bonds. The second-order valence-electron chi connectivity index (χ2n) is 6.08. The zero-order valence-electron chi connectivity index (χ0n) is 13.3. The van der Waals surface area contributed by atoms with Crippen molar-refractivity contribution in [3.63, 3.8) is 0 Å². The summed E-state index contributed by atoms with van der Waals surface area (Å²) in [5, 5.41) is 0. The molecule has 1 aliphatic heterocycles. The molecule has 1 fully saturated rings. The maximum atomic E-state index is 12.8. The van der Waals surface area contributed by atoms with E-state index in [-0.39, 0.29) is 0 Å². The lowest BCUT2D eigenvalue weighted by molar-refractivity contribution is 0.196. The number of anilines is 1. The molecule has 2 N–H and O–H groups in total. The van der Waals surface area contributed by atoms with E-state index in [1.807, 2.05) is 27.1 Å². The summed E-state index contributed by atoms with van der Waals surface area (Å²) in [6.45, 7) is 4.78. The number of aryl methyl sites for hydroxylation is 1. The third-order valence-corrected chi connectivity index (χ3v) is 6.34. The van der Waals surface area contributed by atoms with Gasteiger partial charge in [-0.3, -0.25) is 0 Å². The molecule has 0 radical (unpaired) electrons. The smallest absolute Gasteiger partial charge is 0.243 e. The van der Waals surface area contributed by atoms with Gasteiger partial charge in [0.2, 0.25) is 10.0 Å². The number of rotatable bonds is 3. The maximum Gasteiger partial charge on any atom is 0.243 e. The van der Waals surface area contributed by atoms with Crippen molar-refractivity contribution in [2.45, 2.75) is 37.6 Å². The Labute approximate surface area is 127 Å². The summed E-state index contributed by atoms with van der Waals surface area (Å²) in [7, 11) is 0.632. The van der Waals surface area contributed by atoms with Gasteiger partial charge in [0, 0.05) is 24.8 Å². The Kier molecular flexibility index (Phi) is 4.60. The van der Waals surface area contributed by atoms with Crippen LogP contribution in [-0.2, 0) is 10.0 Å². The second-order valence-corrected chi connectivity index (χ2v) is 7.98. The molecule has 0 saturated carbocycles. The van der Waals surface area contributed by atoms with Gasteiger partial charge in [-0.05, 0) is 64.0 Å². The molecular formula is C15H25N3O2S. The van der Waals surface area contributed by atoms with E-state index in [0.717, 1.165) is 18.4 Å². The van der Waals surface area contributed by atoms with Crippen molar-refractivity contribution in [3.05, 3.63) is 23.3 Å². The fourth-order valence-corrected chi connectivity index (χ4v) is 4.67. The van der Waals surface area contributed by atoms with E-state index < -0.39 is 10.0 Å². The van der Waals surface area contributed by atoms with Gasteiger partial charge >= 0.3 is 0 Å². The highest BCUT2D eigenvalue weighted by Gasteiger charge is 2.31. The van der Waals surface area contributed by atoms with Crippen molar-refractivity contribution in [3.8, 4) is 0 Å². The third-order valence-electron chi connectivity index (χ3n) is 4.32. The van der Waals surface area contributed by atoms with Gasteiger partial charge in [0.25, 0.3) is 0 Å². The van der Waals surface area contributed by atoms with Gasteiger partial charge in [-0.15, -0.1) is 0 Å². The summed E-state index contributed by atoms with van der Waals surface area (Å²) in [6, 6.07) is 3.99. The number of hydrogen-bond acceptors (Lipinski definition) is 4. The minimum Gasteiger partial charge on any atom is -0.398 e. The number of benzene rings is 1. The van der Waals surface area contributed by atoms with Gasteiger partial charge in [0.1, 0.15) is 0 Å². The van der Waals surface area contributed by atoms with Crippen LogP contribution in [0.1, 0.15) is 24.0 Å². The highest BCUT2D eigenvalue weighted by Crippen LogP contribution is 2.28. The molecule has 0 bridgehead atoms. The summed E-state index contributed by atoms with van der Waals surface area (Å²) in [5.74, 6) is 0. The number of piperidine rings is 1. The lowest BCUT2D eigenvalue weighted by atomic mass is 10.1. The Bertz CT molecular complexity index is 618. The van der Waals surface area contributed by atoms with E-state index in [1.165, 1.54) is 0 Å². The maximum absolute atomic E-state index is 12.8. The van der Waals surface area contributed by atoms with Crippen LogP contribution in [0.15, 0.2) is 17.0 Å². The molecule has 0 spiro atoms. The van der Waals surface area contributed by atoms with Gasteiger partial charge in [-0.25, -0.2) is 8.42 Å². The number of sulfonamides is 1. The van der Waals surface area contributed by atoms with E-state index in [1.54, 1.807) is 17.3 Å². The summed E-state index contributed by atoms with van der Waals surface area (Å²) < 4.78 is 27.3. The molecule has 118 valence electrons. The first-order chi connectivity index (χ1) is 9.73. The van der Waals surface area contributed by atoms with Crippen LogP contribution >= 0.6 is 0 Å². The molecule has 1 aromatic rings. The first-order valence-electron chi connectivity index (χ1n) is 7.26. The zero-order valence-corrected chi connectivity index (χ0v) is 14.1. The van der Waals surface area contributed by atoms with Crippen LogP contribution in [0.3, 0.4) is 0 Å². The highest BCUT2D eigenvalue weighted by atomic mass is 32.2. The molecule has 0 atom stereocenters. The Morgan fingerprint density at radius 3 is 2.29 bits per heavy atom. The third kappa shape index (κ3) is 3.22. The van der Waals surface area contributed by atoms with Crippen molar-refractivity contribution in [1.29, 1.82) is 0 Å². The Balaban J connectivity index is 2.28. The molecular weight excluding hydrogens is 286 g/mol. The molecule has 2 rings (SSSR count). The number of hydrogen-bond donors (Lipinski definition) is 1. The minimum absolute atomic E-state index is 0.350. The lowest BCUT2D eigenvalue weighted by Gasteiger charge is -2.34. The predicted octanol–water partition coefficient (Wildman–Crippen LogP) is 1.60. The standard InChI is InChI=1S/C15H25N3O2S/c1-11-9-14(16)12(2)15(10-11)21(19,20)18-7-5-13(6-8-18)17(3)4/h9-10,13H,5-8,16H2,1-4H3. The van der Waals surface area contributed by atoms with Crippen LogP contribution in [-0.4, -0.2) is 50.8 Å². The van der Waals surface area contributed by atoms with E-state index in [0.29, 0.717) is 35.3 Å². The number of nitrogen functional groups attached to an aromatic ring is 1. The number of nitrogens with zero attached hydrogens (tertiary/aromatic N) is 2. The largest absolute Gasteiger partial charge is 0.398 e. The average molecular weight is 311 g/mol. The van der Waals surface area contributed by atoms with Crippen LogP contribution in [0.5, 0.6) is 0 Å². The molecule has 0 unspecified atom stereocenters. The average Bonchev–Trinajstić information content (AvgIpc) is 2.42. The molecule has 5 nitrogen and oxygen atoms in total. The van der Waals surface area contributed by atoms with E-state index in [9.17, 15) is 8.42 Å². The Morgan fingerprint density at radius 1 is 1.19 bits per heavy atom. The molecule has 0 aliphatic carbocycles. The van der Waals surface area contributed by atoms with Gasteiger partial charge in [0.05, 0.1) is 4.90 Å². The topological polar surface area (TPSA) is 66.6 Å². The van der Waals surface area contributed by atoms with Crippen molar-refractivity contribution in [2.75, 3.05) is 32.9 Å². The highest BCUT2D eigenvalue weighted by molar-refractivity contribution is 7.89. The van der Waals surface area contributed by atoms with Crippen LogP contribution in [0.2, 0.25) is 0 Å². The molecule has 21 heavy (non-hydrogen) atoms. The molecule has 1 saturated heterocycles. The Morgan fingerprint density at radius 2 is 1.76 bits per heavy atom. The van der Waals surface area contributed by atoms with E-state index in [4.69, 9.17) is 5.73 Å². The van der Waals surface area contributed by atoms with E-state index in [2.05, 4.69) is 4.90 Å². The first-order valence-corrected chi connectivity index (χ1v) is 8.71. The monoisotopic (exact) mass is 311 g/mol. The SMILES string of the molecule is Cc1cc(N)c(C)c(S(=O)(=O)N2CCC(N(C)C)CC2)c1. The van der Waals surface area contributed by atoms with Crippen molar-refractivity contribution >= 4 is 15.7 Å². The quantitative estimate of drug-likeness (QED) is 0.861. The predicted molar refractivity (Wildman–Crippen MR) is 85.8 cm³/mol. The molecule has 0 aromatic heterocycles. The van der Waals surface area contributed by atoms with Crippen LogP contribution in [0.25, 0.3) is 0 Å². The molecule has 1 heterocycles.